The molecule has 0 spiro atoms. The third-order valence-corrected chi connectivity index (χ3v) is 9.00. The second kappa shape index (κ2) is 11.2. The van der Waals surface area contributed by atoms with E-state index in [0.29, 0.717) is 34.4 Å². The molecule has 3 heterocycles. The Hall–Kier alpha value is -3.63. The van der Waals surface area contributed by atoms with Gasteiger partial charge in [0, 0.05) is 24.4 Å². The lowest BCUT2D eigenvalue weighted by atomic mass is 10.1. The smallest absolute Gasteiger partial charge is 0.241 e. The number of para-hydroxylation sites is 1. The van der Waals surface area contributed by atoms with Gasteiger partial charge >= 0.3 is 0 Å². The molecule has 194 valence electrons. The average Bonchev–Trinajstić information content (AvgIpc) is 3.31. The third-order valence-electron chi connectivity index (χ3n) is 5.70. The Morgan fingerprint density at radius 2 is 1.78 bits per heavy atom. The van der Waals surface area contributed by atoms with Crippen LogP contribution < -0.4 is 14.2 Å². The van der Waals surface area contributed by atoms with E-state index in [4.69, 9.17) is 9.47 Å². The van der Waals surface area contributed by atoms with Gasteiger partial charge < -0.3 is 9.47 Å². The van der Waals surface area contributed by atoms with E-state index in [0.717, 1.165) is 24.4 Å². The summed E-state index contributed by atoms with van der Waals surface area (Å²) in [6, 6.07) is 7.34. The molecule has 37 heavy (non-hydrogen) atoms. The molecule has 1 unspecified atom stereocenters. The van der Waals surface area contributed by atoms with Crippen LogP contribution >= 0.6 is 8.02 Å². The number of halogens is 1. The molecule has 0 aliphatic rings. The molecule has 4 rings (SSSR count). The lowest BCUT2D eigenvalue weighted by Crippen LogP contribution is -2.26. The molecule has 0 bridgehead atoms. The van der Waals surface area contributed by atoms with Gasteiger partial charge in [0.2, 0.25) is 5.95 Å². The van der Waals surface area contributed by atoms with Crippen molar-refractivity contribution in [2.45, 2.75) is 31.9 Å². The van der Waals surface area contributed by atoms with Crippen molar-refractivity contribution in [3.05, 3.63) is 66.3 Å². The number of anilines is 1. The highest BCUT2D eigenvalue weighted by atomic mass is 32.5. The minimum absolute atomic E-state index is 0.187. The van der Waals surface area contributed by atoms with Crippen LogP contribution in [0.5, 0.6) is 11.5 Å². The highest BCUT2D eigenvalue weighted by Crippen LogP contribution is 2.38. The van der Waals surface area contributed by atoms with E-state index in [1.807, 2.05) is 13.0 Å². The van der Waals surface area contributed by atoms with E-state index in [1.54, 1.807) is 56.3 Å². The molecular weight excluding hydrogens is 516 g/mol. The summed E-state index contributed by atoms with van der Waals surface area (Å²) in [7, 11) is 3.55. The third kappa shape index (κ3) is 5.70. The van der Waals surface area contributed by atoms with E-state index < -0.39 is 20.4 Å². The number of nitrogens with zero attached hydrogens (tertiary/aromatic N) is 6. The lowest BCUT2D eigenvalue weighted by Gasteiger charge is -2.21. The SMILES string of the molecule is CCc1cncc(-c2nnc(NS(=O)(=P)[C@@H](C)Cc3ncc(F)cn3)n2-c2c(OC)cccc2OC)c1. The molecule has 0 amide bonds. The number of hydrogen-bond donors (Lipinski definition) is 1. The molecule has 3 aromatic heterocycles. The molecule has 0 saturated carbocycles. The summed E-state index contributed by atoms with van der Waals surface area (Å²) in [6.07, 6.45) is 6.63. The number of hydrogen-bond acceptors (Lipinski definition) is 8. The Balaban J connectivity index is 1.82. The van der Waals surface area contributed by atoms with Crippen LogP contribution in [-0.4, -0.2) is 53.4 Å². The van der Waals surface area contributed by atoms with Gasteiger partial charge in [-0.1, -0.05) is 13.0 Å². The number of methoxy groups -OCH3 is 2. The molecule has 0 fully saturated rings. The monoisotopic (exact) mass is 543 g/mol. The molecule has 0 aliphatic heterocycles. The summed E-state index contributed by atoms with van der Waals surface area (Å²) in [6.45, 7) is 3.79. The predicted molar refractivity (Wildman–Crippen MR) is 142 cm³/mol. The number of rotatable bonds is 10. The van der Waals surface area contributed by atoms with Crippen molar-refractivity contribution in [3.63, 3.8) is 0 Å². The highest BCUT2D eigenvalue weighted by Gasteiger charge is 2.26. The Bertz CT molecular complexity index is 1470. The Labute approximate surface area is 216 Å². The number of benzene rings is 1. The zero-order valence-corrected chi connectivity index (χ0v) is 22.6. The van der Waals surface area contributed by atoms with Gasteiger partial charge in [0.15, 0.2) is 11.6 Å². The average molecular weight is 544 g/mol. The number of nitrogens with one attached hydrogen (secondary N) is 1. The molecule has 4 aromatic rings. The first kappa shape index (κ1) is 26.4. The molecule has 2 atom stereocenters. The summed E-state index contributed by atoms with van der Waals surface area (Å²) < 4.78 is 43.0. The zero-order valence-electron chi connectivity index (χ0n) is 20.8. The number of pyridine rings is 1. The van der Waals surface area contributed by atoms with Crippen LogP contribution in [0, 0.1) is 5.82 Å². The van der Waals surface area contributed by atoms with Crippen LogP contribution in [0.4, 0.5) is 10.3 Å². The minimum atomic E-state index is -2.96. The molecule has 1 N–H and O–H groups in total. The quantitative estimate of drug-likeness (QED) is 0.297. The van der Waals surface area contributed by atoms with Crippen molar-refractivity contribution in [3.8, 4) is 28.6 Å². The van der Waals surface area contributed by atoms with Crippen LogP contribution in [0.1, 0.15) is 25.2 Å². The van der Waals surface area contributed by atoms with Crippen molar-refractivity contribution in [1.29, 1.82) is 0 Å². The van der Waals surface area contributed by atoms with Crippen molar-refractivity contribution in [1.82, 2.24) is 29.7 Å². The number of aryl methyl sites for hydroxylation is 1. The maximum Gasteiger partial charge on any atom is 0.241 e. The molecule has 1 aromatic carbocycles. The van der Waals surface area contributed by atoms with Gasteiger partial charge in [-0.3, -0.25) is 14.3 Å². The first-order valence-electron chi connectivity index (χ1n) is 11.4. The highest BCUT2D eigenvalue weighted by molar-refractivity contribution is 8.22. The minimum Gasteiger partial charge on any atom is -0.494 e. The lowest BCUT2D eigenvalue weighted by molar-refractivity contribution is 0.391. The van der Waals surface area contributed by atoms with E-state index >= 15 is 0 Å². The van der Waals surface area contributed by atoms with Gasteiger partial charge in [-0.05, 0) is 45.1 Å². The van der Waals surface area contributed by atoms with Gasteiger partial charge in [0.25, 0.3) is 0 Å². The second-order valence-corrected chi connectivity index (χ2v) is 12.2. The van der Waals surface area contributed by atoms with E-state index in [-0.39, 0.29) is 12.4 Å². The van der Waals surface area contributed by atoms with Gasteiger partial charge in [-0.25, -0.2) is 18.6 Å². The maximum absolute atomic E-state index is 13.8. The fourth-order valence-corrected chi connectivity index (χ4v) is 5.17. The zero-order chi connectivity index (χ0) is 26.6. The number of ether oxygens (including phenoxy) is 2. The van der Waals surface area contributed by atoms with Gasteiger partial charge in [-0.2, -0.15) is 0 Å². The molecule has 0 aliphatic carbocycles. The summed E-state index contributed by atoms with van der Waals surface area (Å²) >= 11 is 0. The predicted octanol–water partition coefficient (Wildman–Crippen LogP) is 4.14. The van der Waals surface area contributed by atoms with E-state index in [9.17, 15) is 8.60 Å². The first-order chi connectivity index (χ1) is 17.8. The molecule has 0 radical (unpaired) electrons. The molecule has 0 saturated heterocycles. The van der Waals surface area contributed by atoms with Crippen LogP contribution in [0.3, 0.4) is 0 Å². The van der Waals surface area contributed by atoms with Gasteiger partial charge in [-0.15, -0.1) is 10.2 Å². The maximum atomic E-state index is 13.8. The van der Waals surface area contributed by atoms with Crippen molar-refractivity contribution < 1.29 is 18.1 Å². The second-order valence-electron chi connectivity index (χ2n) is 8.16. The fraction of sp³-hybridized carbons (Fsp3) is 0.292. The molecule has 13 heteroatoms. The standard InChI is InChI=1S/C24H27FN7O3PS/c1-5-16-10-17(12-26-11-16)23-29-30-24(32(23)22-19(34-3)7-6-8-20(22)35-4)31-37(33,36)15(2)9-21-27-13-18(25)14-28-21/h6-8,10-15,36H,5,9H2,1-4H3,(H,30,31,33)/t15-,37?/m0/s1. The Kier molecular flexibility index (Phi) is 7.99. The Morgan fingerprint density at radius 3 is 2.41 bits per heavy atom. The summed E-state index contributed by atoms with van der Waals surface area (Å²) in [4.78, 5) is 12.3. The van der Waals surface area contributed by atoms with E-state index in [1.165, 1.54) is 0 Å². The van der Waals surface area contributed by atoms with E-state index in [2.05, 4.69) is 37.9 Å². The van der Waals surface area contributed by atoms with Crippen molar-refractivity contribution in [2.75, 3.05) is 18.9 Å². The van der Waals surface area contributed by atoms with Gasteiger partial charge in [0.1, 0.15) is 23.0 Å². The number of aromatic nitrogens is 6. The van der Waals surface area contributed by atoms with Crippen LogP contribution in [-0.2, 0) is 22.1 Å². The molecular formula is C24H27FN7O3PS. The first-order valence-corrected chi connectivity index (χ1v) is 14.2. The Morgan fingerprint density at radius 1 is 1.11 bits per heavy atom. The fourth-order valence-electron chi connectivity index (χ4n) is 3.66. The summed E-state index contributed by atoms with van der Waals surface area (Å²) in [5.41, 5.74) is 2.25. The summed E-state index contributed by atoms with van der Waals surface area (Å²) in [5.74, 6) is 1.45. The normalized spacial score (nSPS) is 13.5. The van der Waals surface area contributed by atoms with Crippen LogP contribution in [0.2, 0.25) is 0 Å². The summed E-state index contributed by atoms with van der Waals surface area (Å²) in [5, 5.41) is 8.24. The van der Waals surface area contributed by atoms with Gasteiger partial charge in [0.05, 0.1) is 41.2 Å². The van der Waals surface area contributed by atoms with Crippen LogP contribution in [0.15, 0.2) is 49.1 Å². The topological polar surface area (TPSA) is 117 Å². The van der Waals surface area contributed by atoms with Crippen LogP contribution in [0.25, 0.3) is 17.1 Å². The van der Waals surface area contributed by atoms with Crippen molar-refractivity contribution in [2.24, 2.45) is 0 Å². The van der Waals surface area contributed by atoms with Crippen molar-refractivity contribution >= 4 is 23.3 Å². The molecule has 10 nitrogen and oxygen atoms in total. The largest absolute Gasteiger partial charge is 0.494 e.